The van der Waals surface area contributed by atoms with E-state index < -0.39 is 17.9 Å². The van der Waals surface area contributed by atoms with Gasteiger partial charge in [-0.15, -0.1) is 0 Å². The molecule has 0 aliphatic heterocycles. The number of aryl methyl sites for hydroxylation is 1. The molecule has 0 bridgehead atoms. The van der Waals surface area contributed by atoms with E-state index in [2.05, 4.69) is 31.9 Å². The van der Waals surface area contributed by atoms with Crippen LogP contribution >= 0.6 is 27.5 Å². The van der Waals surface area contributed by atoms with Crippen molar-refractivity contribution >= 4 is 39.3 Å². The van der Waals surface area contributed by atoms with Gasteiger partial charge in [-0.3, -0.25) is 20.4 Å². The zero-order valence-electron chi connectivity index (χ0n) is 15.6. The lowest BCUT2D eigenvalue weighted by molar-refractivity contribution is -0.128. The standard InChI is InChI=1S/C20H18BrClN4O3/c1-12-17(18(22)26(25-12)15-8-4-3-5-9-15)20(28)24-23-19(27)13(2)29-16-10-6-7-14(21)11-16/h3-11,13H,1-2H3,(H,23,27)(H,24,28). The first-order valence-electron chi connectivity index (χ1n) is 8.69. The number of rotatable bonds is 5. The lowest BCUT2D eigenvalue weighted by Crippen LogP contribution is -2.47. The van der Waals surface area contributed by atoms with Crippen molar-refractivity contribution in [1.82, 2.24) is 20.6 Å². The van der Waals surface area contributed by atoms with Crippen LogP contribution < -0.4 is 15.6 Å². The van der Waals surface area contributed by atoms with Crippen molar-refractivity contribution in [3.63, 3.8) is 0 Å². The lowest BCUT2D eigenvalue weighted by atomic mass is 10.2. The summed E-state index contributed by atoms with van der Waals surface area (Å²) in [6.45, 7) is 3.25. The number of hydrazine groups is 1. The number of aromatic nitrogens is 2. The molecule has 2 N–H and O–H groups in total. The number of carbonyl (C=O) groups excluding carboxylic acids is 2. The first-order valence-corrected chi connectivity index (χ1v) is 9.87. The number of halogens is 2. The van der Waals surface area contributed by atoms with Crippen LogP contribution in [0.2, 0.25) is 5.15 Å². The normalized spacial score (nSPS) is 11.6. The summed E-state index contributed by atoms with van der Waals surface area (Å²) in [6.07, 6.45) is -0.826. The van der Waals surface area contributed by atoms with Crippen LogP contribution in [-0.2, 0) is 4.79 Å². The van der Waals surface area contributed by atoms with Gasteiger partial charge in [0, 0.05) is 4.47 Å². The number of amides is 2. The molecule has 3 aromatic rings. The minimum atomic E-state index is -0.826. The molecule has 0 radical (unpaired) electrons. The number of benzene rings is 2. The fourth-order valence-electron chi connectivity index (χ4n) is 2.58. The Labute approximate surface area is 181 Å². The molecule has 3 rings (SSSR count). The molecule has 2 aromatic carbocycles. The van der Waals surface area contributed by atoms with Gasteiger partial charge in [-0.2, -0.15) is 5.10 Å². The number of nitrogens with zero attached hydrogens (tertiary/aromatic N) is 2. The van der Waals surface area contributed by atoms with E-state index in [4.69, 9.17) is 16.3 Å². The van der Waals surface area contributed by atoms with E-state index in [1.807, 2.05) is 36.4 Å². The summed E-state index contributed by atoms with van der Waals surface area (Å²) in [5, 5.41) is 4.46. The average Bonchev–Trinajstić information content (AvgIpc) is 3.00. The third-order valence-corrected chi connectivity index (χ3v) is 4.85. The molecule has 1 aromatic heterocycles. The van der Waals surface area contributed by atoms with Gasteiger partial charge in [-0.05, 0) is 44.2 Å². The molecule has 1 atom stereocenters. The number of nitrogens with one attached hydrogen (secondary N) is 2. The van der Waals surface area contributed by atoms with Crippen LogP contribution in [0.4, 0.5) is 0 Å². The zero-order chi connectivity index (χ0) is 21.0. The molecule has 1 heterocycles. The van der Waals surface area contributed by atoms with Gasteiger partial charge >= 0.3 is 0 Å². The van der Waals surface area contributed by atoms with Crippen LogP contribution in [0.5, 0.6) is 5.75 Å². The molecule has 0 spiro atoms. The van der Waals surface area contributed by atoms with Crippen molar-refractivity contribution in [2.45, 2.75) is 20.0 Å². The summed E-state index contributed by atoms with van der Waals surface area (Å²) in [6, 6.07) is 16.3. The Morgan fingerprint density at radius 3 is 2.55 bits per heavy atom. The van der Waals surface area contributed by atoms with Gasteiger partial charge in [0.15, 0.2) is 6.10 Å². The maximum atomic E-state index is 12.6. The monoisotopic (exact) mass is 476 g/mol. The van der Waals surface area contributed by atoms with Crippen LogP contribution in [0.25, 0.3) is 5.69 Å². The molecule has 2 amide bonds. The molecular weight excluding hydrogens is 460 g/mol. The maximum absolute atomic E-state index is 12.6. The van der Waals surface area contributed by atoms with Crippen LogP contribution in [0.1, 0.15) is 23.0 Å². The summed E-state index contributed by atoms with van der Waals surface area (Å²) < 4.78 is 7.86. The zero-order valence-corrected chi connectivity index (χ0v) is 18.0. The van der Waals surface area contributed by atoms with Gasteiger partial charge in [-0.1, -0.05) is 51.8 Å². The second kappa shape index (κ2) is 9.11. The predicted molar refractivity (Wildman–Crippen MR) is 113 cm³/mol. The van der Waals surface area contributed by atoms with Gasteiger partial charge in [0.1, 0.15) is 16.5 Å². The first kappa shape index (κ1) is 20.9. The first-order chi connectivity index (χ1) is 13.9. The van der Waals surface area contributed by atoms with Crippen molar-refractivity contribution in [3.8, 4) is 11.4 Å². The third kappa shape index (κ3) is 4.96. The molecule has 0 saturated heterocycles. The van der Waals surface area contributed by atoms with Crippen LogP contribution in [-0.4, -0.2) is 27.7 Å². The third-order valence-electron chi connectivity index (χ3n) is 4.01. The highest BCUT2D eigenvalue weighted by Crippen LogP contribution is 2.23. The SMILES string of the molecule is Cc1nn(-c2ccccc2)c(Cl)c1C(=O)NNC(=O)C(C)Oc1cccc(Br)c1. The van der Waals surface area contributed by atoms with Crippen molar-refractivity contribution in [1.29, 1.82) is 0 Å². The minimum Gasteiger partial charge on any atom is -0.481 e. The van der Waals surface area contributed by atoms with E-state index in [-0.39, 0.29) is 10.7 Å². The van der Waals surface area contributed by atoms with E-state index >= 15 is 0 Å². The topological polar surface area (TPSA) is 85.3 Å². The highest BCUT2D eigenvalue weighted by molar-refractivity contribution is 9.10. The Bertz CT molecular complexity index is 1040. The Balaban J connectivity index is 1.65. The second-order valence-electron chi connectivity index (χ2n) is 6.16. The van der Waals surface area contributed by atoms with E-state index in [0.717, 1.165) is 10.2 Å². The number of para-hydroxylation sites is 1. The Kier molecular flexibility index (Phi) is 6.56. The van der Waals surface area contributed by atoms with Crippen molar-refractivity contribution in [2.24, 2.45) is 0 Å². The number of ether oxygens (including phenoxy) is 1. The van der Waals surface area contributed by atoms with Gasteiger partial charge < -0.3 is 4.74 Å². The smallest absolute Gasteiger partial charge is 0.279 e. The minimum absolute atomic E-state index is 0.152. The molecule has 150 valence electrons. The van der Waals surface area contributed by atoms with Gasteiger partial charge in [-0.25, -0.2) is 4.68 Å². The Morgan fingerprint density at radius 2 is 1.86 bits per heavy atom. The van der Waals surface area contributed by atoms with E-state index in [9.17, 15) is 9.59 Å². The van der Waals surface area contributed by atoms with Crippen LogP contribution in [0, 0.1) is 6.92 Å². The summed E-state index contributed by atoms with van der Waals surface area (Å²) >= 11 is 9.70. The van der Waals surface area contributed by atoms with E-state index in [0.29, 0.717) is 11.4 Å². The van der Waals surface area contributed by atoms with Gasteiger partial charge in [0.25, 0.3) is 11.8 Å². The lowest BCUT2D eigenvalue weighted by Gasteiger charge is -2.15. The Hall–Kier alpha value is -2.84. The van der Waals surface area contributed by atoms with E-state index in [1.165, 1.54) is 4.68 Å². The summed E-state index contributed by atoms with van der Waals surface area (Å²) in [7, 11) is 0. The molecule has 0 aliphatic carbocycles. The number of carbonyl (C=O) groups is 2. The maximum Gasteiger partial charge on any atom is 0.279 e. The molecule has 0 saturated carbocycles. The molecule has 7 nitrogen and oxygen atoms in total. The van der Waals surface area contributed by atoms with Crippen LogP contribution in [0.15, 0.2) is 59.1 Å². The predicted octanol–water partition coefficient (Wildman–Crippen LogP) is 3.83. The fourth-order valence-corrected chi connectivity index (χ4v) is 3.31. The largest absolute Gasteiger partial charge is 0.481 e. The molecule has 1 unspecified atom stereocenters. The highest BCUT2D eigenvalue weighted by Gasteiger charge is 2.22. The Morgan fingerprint density at radius 1 is 1.14 bits per heavy atom. The summed E-state index contributed by atoms with van der Waals surface area (Å²) in [5.41, 5.74) is 6.04. The summed E-state index contributed by atoms with van der Waals surface area (Å²) in [5.74, 6) is -0.559. The van der Waals surface area contributed by atoms with Gasteiger partial charge in [0.05, 0.1) is 11.4 Å². The molecule has 0 aliphatic rings. The summed E-state index contributed by atoms with van der Waals surface area (Å²) in [4.78, 5) is 24.8. The molecule has 0 fully saturated rings. The average molecular weight is 478 g/mol. The van der Waals surface area contributed by atoms with Crippen molar-refractivity contribution in [2.75, 3.05) is 0 Å². The van der Waals surface area contributed by atoms with E-state index in [1.54, 1.807) is 32.0 Å². The number of hydrogen-bond acceptors (Lipinski definition) is 4. The number of hydrogen-bond donors (Lipinski definition) is 2. The second-order valence-corrected chi connectivity index (χ2v) is 7.43. The molecule has 9 heteroatoms. The molecular formula is C20H18BrClN4O3. The van der Waals surface area contributed by atoms with Crippen molar-refractivity contribution < 1.29 is 14.3 Å². The van der Waals surface area contributed by atoms with Gasteiger partial charge in [0.2, 0.25) is 0 Å². The van der Waals surface area contributed by atoms with Crippen molar-refractivity contribution in [3.05, 3.63) is 75.5 Å². The highest BCUT2D eigenvalue weighted by atomic mass is 79.9. The fraction of sp³-hybridized carbons (Fsp3) is 0.150. The quantitative estimate of drug-likeness (QED) is 0.547. The van der Waals surface area contributed by atoms with Crippen LogP contribution in [0.3, 0.4) is 0 Å². The molecule has 29 heavy (non-hydrogen) atoms.